The Hall–Kier alpha value is -3.03. The van der Waals surface area contributed by atoms with Gasteiger partial charge < -0.3 is 9.47 Å². The summed E-state index contributed by atoms with van der Waals surface area (Å²) in [4.78, 5) is 24.2. The standard InChI is InChI=1S/C23H20BrClN2O4/c24-18-14-17(10-11-20(18)30-13-12-16-6-2-1-3-7-16)23(29)27-26-22(28)15-31-21-9-5-4-8-19(21)25/h1-11,14H,12-13,15H2,(H,26,28)(H,27,29). The van der Waals surface area contributed by atoms with Gasteiger partial charge in [-0.1, -0.05) is 54.1 Å². The van der Waals surface area contributed by atoms with Crippen molar-refractivity contribution in [1.82, 2.24) is 10.9 Å². The van der Waals surface area contributed by atoms with E-state index in [4.69, 9.17) is 21.1 Å². The van der Waals surface area contributed by atoms with Gasteiger partial charge in [-0.15, -0.1) is 0 Å². The van der Waals surface area contributed by atoms with Crippen molar-refractivity contribution >= 4 is 39.3 Å². The predicted molar refractivity (Wildman–Crippen MR) is 122 cm³/mol. The summed E-state index contributed by atoms with van der Waals surface area (Å²) in [6, 6.07) is 21.8. The maximum absolute atomic E-state index is 12.3. The largest absolute Gasteiger partial charge is 0.492 e. The van der Waals surface area contributed by atoms with Crippen LogP contribution in [0.15, 0.2) is 77.3 Å². The normalized spacial score (nSPS) is 10.3. The number of carbonyl (C=O) groups is 2. The van der Waals surface area contributed by atoms with Crippen LogP contribution in [-0.2, 0) is 11.2 Å². The Balaban J connectivity index is 1.45. The molecule has 2 amide bonds. The van der Waals surface area contributed by atoms with E-state index in [1.165, 1.54) is 5.56 Å². The van der Waals surface area contributed by atoms with Crippen LogP contribution in [0.5, 0.6) is 11.5 Å². The van der Waals surface area contributed by atoms with Gasteiger partial charge in [0.15, 0.2) is 6.61 Å². The first kappa shape index (κ1) is 22.7. The molecule has 0 aliphatic carbocycles. The van der Waals surface area contributed by atoms with Gasteiger partial charge in [-0.2, -0.15) is 0 Å². The first-order valence-corrected chi connectivity index (χ1v) is 10.6. The summed E-state index contributed by atoms with van der Waals surface area (Å²) < 4.78 is 11.7. The average molecular weight is 504 g/mol. The zero-order valence-electron chi connectivity index (χ0n) is 16.4. The van der Waals surface area contributed by atoms with Crippen molar-refractivity contribution in [2.45, 2.75) is 6.42 Å². The maximum Gasteiger partial charge on any atom is 0.276 e. The second-order valence-electron chi connectivity index (χ2n) is 6.45. The van der Waals surface area contributed by atoms with Crippen molar-refractivity contribution in [3.05, 3.63) is 93.4 Å². The molecule has 3 aromatic carbocycles. The molecule has 0 atom stereocenters. The molecule has 0 saturated heterocycles. The fourth-order valence-corrected chi connectivity index (χ4v) is 3.31. The zero-order chi connectivity index (χ0) is 22.1. The molecule has 2 N–H and O–H groups in total. The van der Waals surface area contributed by atoms with Crippen molar-refractivity contribution < 1.29 is 19.1 Å². The van der Waals surface area contributed by atoms with E-state index in [0.717, 1.165) is 6.42 Å². The van der Waals surface area contributed by atoms with Crippen LogP contribution in [0.1, 0.15) is 15.9 Å². The third-order valence-electron chi connectivity index (χ3n) is 4.20. The summed E-state index contributed by atoms with van der Waals surface area (Å²) in [6.45, 7) is 0.220. The molecule has 0 bridgehead atoms. The Morgan fingerprint density at radius 1 is 0.871 bits per heavy atom. The average Bonchev–Trinajstić information content (AvgIpc) is 2.78. The summed E-state index contributed by atoms with van der Waals surface area (Å²) in [5.74, 6) is 0.0258. The van der Waals surface area contributed by atoms with E-state index in [1.807, 2.05) is 30.3 Å². The SMILES string of the molecule is O=C(COc1ccccc1Cl)NNC(=O)c1ccc(OCCc2ccccc2)c(Br)c1. The highest BCUT2D eigenvalue weighted by molar-refractivity contribution is 9.10. The molecule has 31 heavy (non-hydrogen) atoms. The minimum Gasteiger partial charge on any atom is -0.492 e. The Kier molecular flexibility index (Phi) is 8.32. The second kappa shape index (κ2) is 11.4. The summed E-state index contributed by atoms with van der Waals surface area (Å²) in [6.07, 6.45) is 0.776. The fraction of sp³-hybridized carbons (Fsp3) is 0.130. The van der Waals surface area contributed by atoms with Crippen LogP contribution in [0, 0.1) is 0 Å². The summed E-state index contributed by atoms with van der Waals surface area (Å²) >= 11 is 9.38. The number of ether oxygens (including phenoxy) is 2. The molecular weight excluding hydrogens is 484 g/mol. The summed E-state index contributed by atoms with van der Waals surface area (Å²) in [7, 11) is 0. The van der Waals surface area contributed by atoms with Crippen molar-refractivity contribution in [3.8, 4) is 11.5 Å². The highest BCUT2D eigenvalue weighted by Gasteiger charge is 2.11. The van der Waals surface area contributed by atoms with Crippen LogP contribution in [0.2, 0.25) is 5.02 Å². The molecule has 3 rings (SSSR count). The van der Waals surface area contributed by atoms with E-state index >= 15 is 0 Å². The lowest BCUT2D eigenvalue weighted by atomic mass is 10.2. The Labute approximate surface area is 193 Å². The number of rotatable bonds is 8. The van der Waals surface area contributed by atoms with Crippen LogP contribution in [-0.4, -0.2) is 25.0 Å². The van der Waals surface area contributed by atoms with Crippen LogP contribution >= 0.6 is 27.5 Å². The number of carbonyl (C=O) groups excluding carboxylic acids is 2. The van der Waals surface area contributed by atoms with E-state index in [0.29, 0.717) is 33.2 Å². The number of benzene rings is 3. The zero-order valence-corrected chi connectivity index (χ0v) is 18.8. The predicted octanol–water partition coefficient (Wildman–Crippen LogP) is 4.56. The number of hydrogen-bond donors (Lipinski definition) is 2. The van der Waals surface area contributed by atoms with E-state index in [2.05, 4.69) is 26.8 Å². The summed E-state index contributed by atoms with van der Waals surface area (Å²) in [5.41, 5.74) is 6.19. The number of hydrazine groups is 1. The van der Waals surface area contributed by atoms with Crippen LogP contribution in [0.3, 0.4) is 0 Å². The molecule has 6 nitrogen and oxygen atoms in total. The van der Waals surface area contributed by atoms with Gasteiger partial charge in [-0.05, 0) is 51.8 Å². The lowest BCUT2D eigenvalue weighted by molar-refractivity contribution is -0.123. The molecule has 0 saturated carbocycles. The monoisotopic (exact) mass is 502 g/mol. The Bertz CT molecular complexity index is 1050. The Morgan fingerprint density at radius 3 is 2.35 bits per heavy atom. The van der Waals surface area contributed by atoms with E-state index in [-0.39, 0.29) is 6.61 Å². The Morgan fingerprint density at radius 2 is 1.61 bits per heavy atom. The molecule has 0 unspecified atom stereocenters. The molecule has 0 heterocycles. The lowest BCUT2D eigenvalue weighted by Crippen LogP contribution is -2.43. The van der Waals surface area contributed by atoms with Gasteiger partial charge in [-0.25, -0.2) is 0 Å². The number of nitrogens with one attached hydrogen (secondary N) is 2. The number of amides is 2. The third kappa shape index (κ3) is 7.01. The highest BCUT2D eigenvalue weighted by Crippen LogP contribution is 2.26. The van der Waals surface area contributed by atoms with E-state index in [9.17, 15) is 9.59 Å². The molecule has 3 aromatic rings. The lowest BCUT2D eigenvalue weighted by Gasteiger charge is -2.11. The van der Waals surface area contributed by atoms with Crippen LogP contribution < -0.4 is 20.3 Å². The number of hydrogen-bond acceptors (Lipinski definition) is 4. The van der Waals surface area contributed by atoms with Crippen molar-refractivity contribution in [3.63, 3.8) is 0 Å². The molecule has 0 radical (unpaired) electrons. The highest BCUT2D eigenvalue weighted by atomic mass is 79.9. The van der Waals surface area contributed by atoms with Gasteiger partial charge >= 0.3 is 0 Å². The van der Waals surface area contributed by atoms with Crippen LogP contribution in [0.25, 0.3) is 0 Å². The minimum absolute atomic E-state index is 0.290. The second-order valence-corrected chi connectivity index (χ2v) is 7.71. The maximum atomic E-state index is 12.3. The number of halogens is 2. The van der Waals surface area contributed by atoms with Crippen molar-refractivity contribution in [2.24, 2.45) is 0 Å². The fourth-order valence-electron chi connectivity index (χ4n) is 2.62. The molecule has 0 aromatic heterocycles. The van der Waals surface area contributed by atoms with Gasteiger partial charge in [0.1, 0.15) is 11.5 Å². The molecule has 0 aliphatic heterocycles. The quantitative estimate of drug-likeness (QED) is 0.442. The third-order valence-corrected chi connectivity index (χ3v) is 5.13. The van der Waals surface area contributed by atoms with Crippen LogP contribution in [0.4, 0.5) is 0 Å². The topological polar surface area (TPSA) is 76.7 Å². The number of para-hydroxylation sites is 1. The van der Waals surface area contributed by atoms with Gasteiger partial charge in [0, 0.05) is 12.0 Å². The van der Waals surface area contributed by atoms with E-state index < -0.39 is 11.8 Å². The minimum atomic E-state index is -0.520. The first-order chi connectivity index (χ1) is 15.0. The smallest absolute Gasteiger partial charge is 0.276 e. The van der Waals surface area contributed by atoms with Crippen molar-refractivity contribution in [1.29, 1.82) is 0 Å². The van der Waals surface area contributed by atoms with Gasteiger partial charge in [0.25, 0.3) is 11.8 Å². The summed E-state index contributed by atoms with van der Waals surface area (Å²) in [5, 5.41) is 0.398. The van der Waals surface area contributed by atoms with Gasteiger partial charge in [-0.3, -0.25) is 20.4 Å². The first-order valence-electron chi connectivity index (χ1n) is 9.45. The molecule has 160 valence electrons. The molecular formula is C23H20BrClN2O4. The molecule has 0 fully saturated rings. The molecule has 0 spiro atoms. The van der Waals surface area contributed by atoms with Gasteiger partial charge in [0.2, 0.25) is 0 Å². The molecule has 0 aliphatic rings. The van der Waals surface area contributed by atoms with E-state index in [1.54, 1.807) is 42.5 Å². The molecule has 8 heteroatoms. The van der Waals surface area contributed by atoms with Crippen molar-refractivity contribution in [2.75, 3.05) is 13.2 Å². The van der Waals surface area contributed by atoms with Gasteiger partial charge in [0.05, 0.1) is 16.1 Å².